The van der Waals surface area contributed by atoms with Crippen LogP contribution in [-0.2, 0) is 42.1 Å². The molecule has 3 atom stereocenters. The maximum absolute atomic E-state index is 14.3. The molecule has 10 rings (SSSR count). The van der Waals surface area contributed by atoms with Crippen molar-refractivity contribution in [2.75, 3.05) is 56.5 Å². The van der Waals surface area contributed by atoms with Crippen LogP contribution in [0.2, 0.25) is 10.0 Å². The molecule has 0 radical (unpaired) electrons. The highest BCUT2D eigenvalue weighted by Gasteiger charge is 2.43. The molecule has 422 valence electrons. The number of hydrogen-bond donors (Lipinski definition) is 3. The van der Waals surface area contributed by atoms with Crippen LogP contribution < -0.4 is 30.0 Å². The molecule has 4 saturated heterocycles. The van der Waals surface area contributed by atoms with Crippen molar-refractivity contribution in [3.63, 3.8) is 0 Å². The smallest absolute Gasteiger partial charge is 0.414 e. The summed E-state index contributed by atoms with van der Waals surface area (Å²) in [5, 5.41) is 11.5. The lowest BCUT2D eigenvalue weighted by molar-refractivity contribution is -0.377. The van der Waals surface area contributed by atoms with E-state index in [4.69, 9.17) is 52.1 Å². The number of H-pyrrole nitrogens is 1. The number of hydrogen-bond acceptors (Lipinski definition) is 14. The van der Waals surface area contributed by atoms with Crippen molar-refractivity contribution in [2.45, 2.75) is 67.7 Å². The number of piperidine rings is 3. The molecule has 2 bridgehead atoms. The quantitative estimate of drug-likeness (QED) is 0.0361. The van der Waals surface area contributed by atoms with Gasteiger partial charge in [0.05, 0.1) is 18.0 Å². The number of sulfonamides is 1. The Morgan fingerprint density at radius 2 is 1.51 bits per heavy atom. The van der Waals surface area contributed by atoms with E-state index in [0.29, 0.717) is 33.9 Å². The fourth-order valence-electron chi connectivity index (χ4n) is 9.28. The number of pyridine rings is 1. The first kappa shape index (κ1) is 60.0. The predicted octanol–water partition coefficient (Wildman–Crippen LogP) is 7.71. The number of carbonyl (C=O) groups is 5. The molecular weight excluding hydrogens is 1110 g/mol. The molecule has 4 aliphatic heterocycles. The number of thioether (sulfide) groups is 1. The van der Waals surface area contributed by atoms with Crippen LogP contribution in [0.15, 0.2) is 114 Å². The number of aromatic nitrogens is 1. The summed E-state index contributed by atoms with van der Waals surface area (Å²) < 4.78 is 79.2. The Bertz CT molecular complexity index is 3030. The second kappa shape index (κ2) is 28.0. The van der Waals surface area contributed by atoms with Gasteiger partial charge in [0.2, 0.25) is 10.0 Å². The van der Waals surface area contributed by atoms with Gasteiger partial charge in [0.25, 0.3) is 18.3 Å². The first-order valence-corrected chi connectivity index (χ1v) is 28.3. The van der Waals surface area contributed by atoms with E-state index in [1.807, 2.05) is 36.4 Å². The van der Waals surface area contributed by atoms with Crippen LogP contribution in [0.1, 0.15) is 69.2 Å². The molecule has 1 aliphatic carbocycles. The summed E-state index contributed by atoms with van der Waals surface area (Å²) in [7, 11) is -4.41. The van der Waals surface area contributed by atoms with Crippen LogP contribution in [-0.4, -0.2) is 128 Å². The average molecular weight is 1170 g/mol. The van der Waals surface area contributed by atoms with Crippen molar-refractivity contribution in [3.8, 4) is 11.5 Å². The number of carbonyl (C=O) groups excluding carboxylic acids is 4. The summed E-state index contributed by atoms with van der Waals surface area (Å²) in [6.45, 7) is -0.219. The molecule has 79 heavy (non-hydrogen) atoms. The Morgan fingerprint density at radius 3 is 2.14 bits per heavy atom. The molecule has 0 spiro atoms. The van der Waals surface area contributed by atoms with E-state index < -0.39 is 52.0 Å². The van der Waals surface area contributed by atoms with E-state index in [9.17, 15) is 36.4 Å². The molecule has 1 aromatic heterocycles. The largest absolute Gasteiger partial charge is 0.870 e. The fraction of sp³-hybridized carbons (Fsp3) is 0.370. The summed E-state index contributed by atoms with van der Waals surface area (Å²) in [4.78, 5) is 69.5. The number of aromatic amines is 1. The lowest BCUT2D eigenvalue weighted by Gasteiger charge is -2.44. The normalized spacial score (nSPS) is 18.9. The third-order valence-electron chi connectivity index (χ3n) is 13.5. The van der Waals surface area contributed by atoms with E-state index in [1.54, 1.807) is 23.1 Å². The Balaban J connectivity index is 0.00000221. The highest BCUT2D eigenvalue weighted by atomic mass is 35.5. The van der Waals surface area contributed by atoms with Crippen LogP contribution in [0.4, 0.5) is 19.3 Å². The number of ether oxygens (including phenoxy) is 4. The average Bonchev–Trinajstić information content (AvgIpc) is 4.14. The number of rotatable bonds is 21. The molecule has 3 amide bonds. The second-order valence-electron chi connectivity index (χ2n) is 18.8. The van der Waals surface area contributed by atoms with Crippen LogP contribution >= 0.6 is 35.0 Å². The minimum absolute atomic E-state index is 0. The number of fused-ring (bicyclic) bond motifs is 3. The topological polar surface area (TPSA) is 255 Å². The van der Waals surface area contributed by atoms with E-state index in [1.165, 1.54) is 54.9 Å². The van der Waals surface area contributed by atoms with Gasteiger partial charge in [-0.15, -0.1) is 11.8 Å². The molecule has 5 heterocycles. The van der Waals surface area contributed by atoms with Crippen molar-refractivity contribution in [1.29, 1.82) is 0 Å². The maximum atomic E-state index is 14.3. The van der Waals surface area contributed by atoms with Gasteiger partial charge in [0.1, 0.15) is 22.3 Å². The van der Waals surface area contributed by atoms with Crippen molar-refractivity contribution >= 4 is 81.0 Å². The standard InChI is InChI=1S/C53H54Cl2F2N6O10S2.CH2O2.H2O/c54-42-28-58-29-43(55)41(42)27-45(36-14-15-44(72-52(56)57)46(26-36)70-32-33-12-13-33)71-51(66)50-63(22-23-74-50)75(68,69)40-11-5-8-38(25-40)49(65)60-19-18-59-48(64)37-7-4-6-34(24-37)30-62(39-9-2-1-3-10-39)53(67)73-47-31-61-20-16-35(47)17-21-61;2-1-3;/h1-11,14-15,24-26,28-29,33,35,45,47,50,52H,12-13,16-23,27,30-32H2,(H,59,64)(H,60,65);1H,(H,2,3);1H2/t45-,47-,50-;;/m0../s1. The first-order chi connectivity index (χ1) is 37.6. The zero-order chi connectivity index (χ0) is 55.3. The highest BCUT2D eigenvalue weighted by molar-refractivity contribution is 8.02. The molecule has 5 aromatic rings. The first-order valence-electron chi connectivity index (χ1n) is 25.1. The van der Waals surface area contributed by atoms with Gasteiger partial charge in [-0.2, -0.15) is 13.1 Å². The summed E-state index contributed by atoms with van der Waals surface area (Å²) in [5.74, 6) is -1.28. The lowest BCUT2D eigenvalue weighted by atomic mass is 9.86. The third-order valence-corrected chi connectivity index (χ3v) is 17.3. The van der Waals surface area contributed by atoms with Gasteiger partial charge in [-0.1, -0.05) is 65.7 Å². The van der Waals surface area contributed by atoms with Crippen molar-refractivity contribution in [3.05, 3.63) is 147 Å². The SMILES string of the molecule is O=C(NCCNC(=O)c1cccc(S(=O)(=O)N2CCS[C@H]2C(=O)O[C@@H](Cc2c(Cl)c[nH+]cc2Cl)c2ccc(OC(F)F)c(OCC3CC3)c2)c1)c1cccc(CN(C(=O)O[C@H]2CN3CCC2CC3)c2ccccc2)c1.O=CO.[OH-]. The number of para-hydroxylation sites is 1. The van der Waals surface area contributed by atoms with Crippen LogP contribution in [0, 0.1) is 11.8 Å². The summed E-state index contributed by atoms with van der Waals surface area (Å²) in [6.07, 6.45) is 4.97. The van der Waals surface area contributed by atoms with Crippen molar-refractivity contribution < 1.29 is 75.7 Å². The van der Waals surface area contributed by atoms with Gasteiger partial charge in [-0.05, 0) is 116 Å². The molecule has 0 unspecified atom stereocenters. The second-order valence-corrected chi connectivity index (χ2v) is 22.7. The third kappa shape index (κ3) is 15.8. The molecule has 19 nitrogen and oxygen atoms in total. The number of amides is 3. The zero-order valence-electron chi connectivity index (χ0n) is 42.4. The van der Waals surface area contributed by atoms with E-state index in [0.717, 1.165) is 61.4 Å². The number of halogens is 4. The monoisotopic (exact) mass is 1170 g/mol. The van der Waals surface area contributed by atoms with Crippen LogP contribution in [0.25, 0.3) is 0 Å². The molecule has 25 heteroatoms. The summed E-state index contributed by atoms with van der Waals surface area (Å²) in [5.41, 5.74) is 2.45. The molecule has 5 fully saturated rings. The minimum Gasteiger partial charge on any atom is -0.870 e. The number of benzene rings is 4. The number of nitrogens with zero attached hydrogens (tertiary/aromatic N) is 3. The van der Waals surface area contributed by atoms with Gasteiger partial charge in [-0.25, -0.2) is 23.0 Å². The predicted molar refractivity (Wildman–Crippen MR) is 287 cm³/mol. The Hall–Kier alpha value is -6.60. The zero-order valence-corrected chi connectivity index (χ0v) is 45.5. The van der Waals surface area contributed by atoms with Gasteiger partial charge in [-0.3, -0.25) is 24.2 Å². The van der Waals surface area contributed by atoms with E-state index in [-0.39, 0.29) is 101 Å². The van der Waals surface area contributed by atoms with Crippen LogP contribution in [0.3, 0.4) is 0 Å². The van der Waals surface area contributed by atoms with Crippen molar-refractivity contribution in [1.82, 2.24) is 19.8 Å². The number of anilines is 1. The van der Waals surface area contributed by atoms with Gasteiger partial charge < -0.3 is 40.2 Å². The van der Waals surface area contributed by atoms with Crippen molar-refractivity contribution in [2.24, 2.45) is 11.8 Å². The molecule has 1 saturated carbocycles. The van der Waals surface area contributed by atoms with E-state index in [2.05, 4.69) is 20.5 Å². The Morgan fingerprint density at radius 1 is 0.848 bits per heavy atom. The molecule has 4 aromatic carbocycles. The summed E-state index contributed by atoms with van der Waals surface area (Å²) >= 11 is 14.1. The van der Waals surface area contributed by atoms with Gasteiger partial charge >= 0.3 is 18.7 Å². The van der Waals surface area contributed by atoms with Gasteiger partial charge in [0, 0.05) is 60.7 Å². The lowest BCUT2D eigenvalue weighted by Crippen LogP contribution is -2.53. The minimum atomic E-state index is -4.41. The summed E-state index contributed by atoms with van der Waals surface area (Å²) in [6, 6.07) is 25.7. The molecule has 5 aliphatic rings. The van der Waals surface area contributed by atoms with Gasteiger partial charge in [0.15, 0.2) is 29.3 Å². The number of esters is 1. The number of alkyl halides is 2. The number of nitrogens with one attached hydrogen (secondary N) is 3. The highest BCUT2D eigenvalue weighted by Crippen LogP contribution is 2.40. The Kier molecular flexibility index (Phi) is 21.3. The van der Waals surface area contributed by atoms with E-state index >= 15 is 0 Å². The fourth-order valence-corrected chi connectivity index (χ4v) is 12.9. The van der Waals surface area contributed by atoms with Crippen LogP contribution in [0.5, 0.6) is 11.5 Å². The molecular formula is C54H58Cl2F2N6O13S2. The Labute approximate surface area is 469 Å². The number of carboxylic acid groups (broad SMARTS) is 1. The molecule has 5 N–H and O–H groups in total. The maximum Gasteiger partial charge on any atom is 0.414 e.